The van der Waals surface area contributed by atoms with Gasteiger partial charge < -0.3 is 9.30 Å². The Kier molecular flexibility index (Phi) is 5.04. The predicted octanol–water partition coefficient (Wildman–Crippen LogP) is 3.26. The Hall–Kier alpha value is -2.80. The number of hydrogen-bond donors (Lipinski definition) is 0. The lowest BCUT2D eigenvalue weighted by atomic mass is 10.2. The van der Waals surface area contributed by atoms with Crippen LogP contribution in [-0.4, -0.2) is 39.1 Å². The minimum atomic E-state index is -0.498. The molecule has 0 bridgehead atoms. The quantitative estimate of drug-likeness (QED) is 0.519. The first-order chi connectivity index (χ1) is 12.2. The normalized spacial score (nSPS) is 10.6. The van der Waals surface area contributed by atoms with Gasteiger partial charge in [0.1, 0.15) is 10.6 Å². The van der Waals surface area contributed by atoms with Crippen LogP contribution in [-0.2, 0) is 4.74 Å². The molecule has 0 saturated heterocycles. The monoisotopic (exact) mass is 355 g/mol. The Labute approximate surface area is 149 Å². The molecule has 0 fully saturated rings. The van der Waals surface area contributed by atoms with Crippen LogP contribution < -0.4 is 0 Å². The van der Waals surface area contributed by atoms with Crippen LogP contribution in [0.15, 0.2) is 59.9 Å². The van der Waals surface area contributed by atoms with E-state index in [0.717, 1.165) is 0 Å². The van der Waals surface area contributed by atoms with Gasteiger partial charge in [-0.05, 0) is 37.4 Å². The summed E-state index contributed by atoms with van der Waals surface area (Å²) in [6.07, 6.45) is 5.33. The van der Waals surface area contributed by atoms with Crippen molar-refractivity contribution in [1.29, 1.82) is 0 Å². The zero-order valence-electron chi connectivity index (χ0n) is 13.9. The van der Waals surface area contributed by atoms with Crippen molar-refractivity contribution in [2.24, 2.45) is 0 Å². The molecular weight excluding hydrogens is 338 g/mol. The Morgan fingerprint density at radius 3 is 2.40 bits per heavy atom. The number of carbonyl (C=O) groups excluding carboxylic acids is 2. The molecule has 128 valence electrons. The molecule has 0 spiro atoms. The molecular formula is C18H17N3O3S. The van der Waals surface area contributed by atoms with Crippen molar-refractivity contribution in [3.63, 3.8) is 0 Å². The summed E-state index contributed by atoms with van der Waals surface area (Å²) in [4.78, 5) is 25.4. The highest BCUT2D eigenvalue weighted by Crippen LogP contribution is 2.27. The number of thioether (sulfide) groups is 1. The molecule has 0 aliphatic carbocycles. The summed E-state index contributed by atoms with van der Waals surface area (Å²) in [7, 11) is 0. The van der Waals surface area contributed by atoms with E-state index in [0.29, 0.717) is 16.4 Å². The third kappa shape index (κ3) is 3.23. The van der Waals surface area contributed by atoms with Gasteiger partial charge in [-0.15, -0.1) is 11.8 Å². The summed E-state index contributed by atoms with van der Waals surface area (Å²) in [6.45, 7) is 1.99. The Morgan fingerprint density at radius 2 is 1.80 bits per heavy atom. The average molecular weight is 355 g/mol. The second-order valence-electron chi connectivity index (χ2n) is 5.10. The molecule has 7 heteroatoms. The largest absolute Gasteiger partial charge is 0.462 e. The molecule has 0 atom stereocenters. The maximum atomic E-state index is 13.0. The van der Waals surface area contributed by atoms with Crippen LogP contribution in [0.3, 0.4) is 0 Å². The van der Waals surface area contributed by atoms with Crippen molar-refractivity contribution in [3.8, 4) is 5.82 Å². The molecule has 0 aliphatic rings. The van der Waals surface area contributed by atoms with Gasteiger partial charge in [0.05, 0.1) is 6.61 Å². The summed E-state index contributed by atoms with van der Waals surface area (Å²) >= 11 is 1.30. The van der Waals surface area contributed by atoms with E-state index in [2.05, 4.69) is 5.10 Å². The molecule has 3 rings (SSSR count). The summed E-state index contributed by atoms with van der Waals surface area (Å²) in [5.74, 6) is -0.431. The second-order valence-corrected chi connectivity index (χ2v) is 5.90. The second kappa shape index (κ2) is 7.40. The number of hydrogen-bond acceptors (Lipinski definition) is 5. The third-order valence-electron chi connectivity index (χ3n) is 3.56. The van der Waals surface area contributed by atoms with Gasteiger partial charge >= 0.3 is 5.97 Å². The lowest BCUT2D eigenvalue weighted by molar-refractivity contribution is 0.0522. The molecule has 0 saturated carbocycles. The number of benzene rings is 1. The van der Waals surface area contributed by atoms with E-state index >= 15 is 0 Å². The van der Waals surface area contributed by atoms with E-state index in [-0.39, 0.29) is 18.1 Å². The summed E-state index contributed by atoms with van der Waals surface area (Å²) < 4.78 is 8.13. The van der Waals surface area contributed by atoms with E-state index in [9.17, 15) is 9.59 Å². The number of ether oxygens (including phenoxy) is 1. The SMILES string of the molecule is CCOC(=O)c1c(SC)nn(C(=O)c2ccccc2)c1-n1cccc1. The van der Waals surface area contributed by atoms with Crippen molar-refractivity contribution in [2.75, 3.05) is 12.9 Å². The maximum absolute atomic E-state index is 13.0. The molecule has 2 aromatic heterocycles. The van der Waals surface area contributed by atoms with Crippen LogP contribution in [0.5, 0.6) is 0 Å². The highest BCUT2D eigenvalue weighted by Gasteiger charge is 2.28. The topological polar surface area (TPSA) is 66.1 Å². The third-order valence-corrected chi connectivity index (χ3v) is 4.24. The molecule has 0 N–H and O–H groups in total. The first kappa shape index (κ1) is 17.0. The minimum Gasteiger partial charge on any atom is -0.462 e. The maximum Gasteiger partial charge on any atom is 0.344 e. The zero-order chi connectivity index (χ0) is 17.8. The van der Waals surface area contributed by atoms with Gasteiger partial charge in [0.25, 0.3) is 5.91 Å². The van der Waals surface area contributed by atoms with Gasteiger partial charge in [-0.25, -0.2) is 4.79 Å². The molecule has 3 aromatic rings. The van der Waals surface area contributed by atoms with Gasteiger partial charge in [-0.2, -0.15) is 9.78 Å². The smallest absolute Gasteiger partial charge is 0.344 e. The number of nitrogens with zero attached hydrogens (tertiary/aromatic N) is 3. The van der Waals surface area contributed by atoms with Crippen LogP contribution in [0.4, 0.5) is 0 Å². The molecule has 0 unspecified atom stereocenters. The van der Waals surface area contributed by atoms with Crippen LogP contribution >= 0.6 is 11.8 Å². The van der Waals surface area contributed by atoms with E-state index in [4.69, 9.17) is 4.74 Å². The number of esters is 1. The highest BCUT2D eigenvalue weighted by molar-refractivity contribution is 7.98. The van der Waals surface area contributed by atoms with E-state index in [1.54, 1.807) is 48.1 Å². The summed E-state index contributed by atoms with van der Waals surface area (Å²) in [5.41, 5.74) is 0.774. The van der Waals surface area contributed by atoms with Crippen molar-refractivity contribution in [1.82, 2.24) is 14.3 Å². The number of carbonyl (C=O) groups is 2. The van der Waals surface area contributed by atoms with Crippen molar-refractivity contribution in [2.45, 2.75) is 11.9 Å². The van der Waals surface area contributed by atoms with E-state index in [1.807, 2.05) is 24.5 Å². The standard InChI is InChI=1S/C18H17N3O3S/c1-3-24-18(23)14-15(25-2)19-21(16(14)20-11-7-8-12-20)17(22)13-9-5-4-6-10-13/h4-12H,3H2,1-2H3. The fourth-order valence-electron chi connectivity index (χ4n) is 2.47. The highest BCUT2D eigenvalue weighted by atomic mass is 32.2. The van der Waals surface area contributed by atoms with Gasteiger partial charge in [0, 0.05) is 18.0 Å². The van der Waals surface area contributed by atoms with E-state index < -0.39 is 5.97 Å². The first-order valence-electron chi connectivity index (χ1n) is 7.74. The zero-order valence-corrected chi connectivity index (χ0v) is 14.7. The lowest BCUT2D eigenvalue weighted by Crippen LogP contribution is -2.18. The molecule has 25 heavy (non-hydrogen) atoms. The minimum absolute atomic E-state index is 0.246. The summed E-state index contributed by atoms with van der Waals surface area (Å²) in [6, 6.07) is 12.5. The number of aromatic nitrogens is 3. The molecule has 0 radical (unpaired) electrons. The fraction of sp³-hybridized carbons (Fsp3) is 0.167. The van der Waals surface area contributed by atoms with Gasteiger partial charge in [-0.3, -0.25) is 4.79 Å². The first-order valence-corrected chi connectivity index (χ1v) is 8.97. The summed E-state index contributed by atoms with van der Waals surface area (Å²) in [5, 5.41) is 4.82. The Morgan fingerprint density at radius 1 is 1.12 bits per heavy atom. The van der Waals surface area contributed by atoms with Crippen LogP contribution in [0.25, 0.3) is 5.82 Å². The fourth-order valence-corrected chi connectivity index (χ4v) is 3.02. The lowest BCUT2D eigenvalue weighted by Gasteiger charge is -2.09. The van der Waals surface area contributed by atoms with Crippen LogP contribution in [0.2, 0.25) is 0 Å². The van der Waals surface area contributed by atoms with Gasteiger partial charge in [-0.1, -0.05) is 18.2 Å². The van der Waals surface area contributed by atoms with Crippen LogP contribution in [0.1, 0.15) is 27.6 Å². The molecule has 2 heterocycles. The van der Waals surface area contributed by atoms with Gasteiger partial charge in [0.2, 0.25) is 0 Å². The molecule has 6 nitrogen and oxygen atoms in total. The molecule has 0 aliphatic heterocycles. The van der Waals surface area contributed by atoms with Crippen molar-refractivity contribution < 1.29 is 14.3 Å². The van der Waals surface area contributed by atoms with Crippen LogP contribution in [0, 0.1) is 0 Å². The van der Waals surface area contributed by atoms with Crippen molar-refractivity contribution in [3.05, 3.63) is 66.0 Å². The number of rotatable bonds is 5. The van der Waals surface area contributed by atoms with Crippen molar-refractivity contribution >= 4 is 23.6 Å². The average Bonchev–Trinajstić information content (AvgIpc) is 3.29. The predicted molar refractivity (Wildman–Crippen MR) is 95.5 cm³/mol. The van der Waals surface area contributed by atoms with E-state index in [1.165, 1.54) is 16.4 Å². The Balaban J connectivity index is 2.22. The molecule has 0 amide bonds. The van der Waals surface area contributed by atoms with Gasteiger partial charge in [0.15, 0.2) is 5.82 Å². The molecule has 1 aromatic carbocycles. The Bertz CT molecular complexity index is 886.